The van der Waals surface area contributed by atoms with Gasteiger partial charge in [0.2, 0.25) is 5.91 Å². The van der Waals surface area contributed by atoms with E-state index in [4.69, 9.17) is 0 Å². The lowest BCUT2D eigenvalue weighted by molar-refractivity contribution is -0.122. The highest BCUT2D eigenvalue weighted by Gasteiger charge is 2.22. The second-order valence-corrected chi connectivity index (χ2v) is 8.00. The van der Waals surface area contributed by atoms with Crippen LogP contribution in [0, 0.1) is 13.8 Å². The van der Waals surface area contributed by atoms with Crippen LogP contribution in [0.2, 0.25) is 0 Å². The van der Waals surface area contributed by atoms with Crippen molar-refractivity contribution in [3.8, 4) is 0 Å². The highest BCUT2D eigenvalue weighted by molar-refractivity contribution is 7.09. The van der Waals surface area contributed by atoms with E-state index in [0.29, 0.717) is 24.9 Å². The van der Waals surface area contributed by atoms with Gasteiger partial charge in [-0.05, 0) is 60.7 Å². The fourth-order valence-electron chi connectivity index (χ4n) is 2.95. The van der Waals surface area contributed by atoms with Crippen LogP contribution in [0.15, 0.2) is 60.1 Å². The molecule has 0 radical (unpaired) electrons. The van der Waals surface area contributed by atoms with Gasteiger partial charge in [0.1, 0.15) is 6.04 Å². The van der Waals surface area contributed by atoms with Crippen LogP contribution in [0.4, 0.5) is 0 Å². The minimum atomic E-state index is -0.633. The highest BCUT2D eigenvalue weighted by atomic mass is 32.1. The summed E-state index contributed by atoms with van der Waals surface area (Å²) in [5.41, 5.74) is 3.66. The first-order valence-corrected chi connectivity index (χ1v) is 10.5. The first-order valence-electron chi connectivity index (χ1n) is 9.61. The van der Waals surface area contributed by atoms with Gasteiger partial charge in [-0.1, -0.05) is 18.2 Å². The molecule has 2 amide bonds. The summed E-state index contributed by atoms with van der Waals surface area (Å²) in [5.74, 6) is -0.430. The fourth-order valence-corrected chi connectivity index (χ4v) is 3.70. The number of benzene rings is 1. The van der Waals surface area contributed by atoms with Gasteiger partial charge in [0, 0.05) is 41.7 Å². The molecule has 2 N–H and O–H groups in total. The van der Waals surface area contributed by atoms with Crippen molar-refractivity contribution in [3.05, 3.63) is 87.4 Å². The van der Waals surface area contributed by atoms with Gasteiger partial charge in [-0.25, -0.2) is 0 Å². The van der Waals surface area contributed by atoms with Crippen molar-refractivity contribution < 1.29 is 9.59 Å². The zero-order valence-corrected chi connectivity index (χ0v) is 17.5. The molecule has 0 fully saturated rings. The van der Waals surface area contributed by atoms with E-state index >= 15 is 0 Å². The van der Waals surface area contributed by atoms with Crippen LogP contribution in [0.1, 0.15) is 32.1 Å². The maximum atomic E-state index is 12.8. The predicted octanol–water partition coefficient (Wildman–Crippen LogP) is 3.46. The Morgan fingerprint density at radius 1 is 1.07 bits per heavy atom. The largest absolute Gasteiger partial charge is 0.354 e. The summed E-state index contributed by atoms with van der Waals surface area (Å²) in [7, 11) is 0. The smallest absolute Gasteiger partial charge is 0.251 e. The Labute approximate surface area is 175 Å². The van der Waals surface area contributed by atoms with Gasteiger partial charge < -0.3 is 10.6 Å². The van der Waals surface area contributed by atoms with E-state index in [1.165, 1.54) is 0 Å². The van der Waals surface area contributed by atoms with Crippen molar-refractivity contribution in [2.45, 2.75) is 32.7 Å². The van der Waals surface area contributed by atoms with Gasteiger partial charge in [0.15, 0.2) is 0 Å². The topological polar surface area (TPSA) is 71.1 Å². The highest BCUT2D eigenvalue weighted by Crippen LogP contribution is 2.13. The van der Waals surface area contributed by atoms with Crippen LogP contribution in [-0.4, -0.2) is 29.4 Å². The van der Waals surface area contributed by atoms with Gasteiger partial charge in [-0.15, -0.1) is 11.3 Å². The molecule has 29 heavy (non-hydrogen) atoms. The van der Waals surface area contributed by atoms with Crippen LogP contribution >= 0.6 is 11.3 Å². The molecule has 0 spiro atoms. The van der Waals surface area contributed by atoms with Crippen LogP contribution in [0.3, 0.4) is 0 Å². The molecule has 1 atom stereocenters. The molecule has 2 heterocycles. The molecule has 0 saturated heterocycles. The summed E-state index contributed by atoms with van der Waals surface area (Å²) < 4.78 is 0. The maximum absolute atomic E-state index is 12.8. The first-order chi connectivity index (χ1) is 14.0. The number of rotatable bonds is 8. The Hall–Kier alpha value is -2.99. The molecule has 0 aliphatic rings. The van der Waals surface area contributed by atoms with E-state index in [9.17, 15) is 9.59 Å². The number of carbonyl (C=O) groups is 2. The lowest BCUT2D eigenvalue weighted by Gasteiger charge is -2.18. The van der Waals surface area contributed by atoms with E-state index in [0.717, 1.165) is 21.7 Å². The number of nitrogens with one attached hydrogen (secondary N) is 2. The third kappa shape index (κ3) is 5.99. The van der Waals surface area contributed by atoms with Gasteiger partial charge in [0.25, 0.3) is 5.91 Å². The molecule has 0 aliphatic heterocycles. The number of aromatic nitrogens is 1. The predicted molar refractivity (Wildman–Crippen MR) is 116 cm³/mol. The van der Waals surface area contributed by atoms with Crippen molar-refractivity contribution in [2.75, 3.05) is 6.54 Å². The monoisotopic (exact) mass is 407 g/mol. The van der Waals surface area contributed by atoms with Gasteiger partial charge in [0.05, 0.1) is 0 Å². The standard InChI is InChI=1S/C23H25N3O2S/c1-16-8-9-18(14-17(16)2)22(27)26-21(15-20-7-5-13-29-20)23(28)25-12-10-19-6-3-4-11-24-19/h3-9,11,13-14,21H,10,12,15H2,1-2H3,(H,25,28)(H,26,27)/t21-/m1/s1. The Bertz CT molecular complexity index is 956. The van der Waals surface area contributed by atoms with Crippen LogP contribution in [0.25, 0.3) is 0 Å². The summed E-state index contributed by atoms with van der Waals surface area (Å²) in [6.07, 6.45) is 2.84. The number of pyridine rings is 1. The molecule has 0 bridgehead atoms. The Morgan fingerprint density at radius 2 is 1.93 bits per heavy atom. The number of amides is 2. The lowest BCUT2D eigenvalue weighted by Crippen LogP contribution is -2.48. The van der Waals surface area contributed by atoms with Crippen molar-refractivity contribution in [2.24, 2.45) is 0 Å². The van der Waals surface area contributed by atoms with E-state index in [2.05, 4.69) is 15.6 Å². The summed E-state index contributed by atoms with van der Waals surface area (Å²) in [4.78, 5) is 30.9. The molecule has 0 unspecified atom stereocenters. The average molecular weight is 408 g/mol. The van der Waals surface area contributed by atoms with E-state index in [1.807, 2.05) is 61.7 Å². The van der Waals surface area contributed by atoms with Crippen LogP contribution < -0.4 is 10.6 Å². The molecule has 1 aromatic carbocycles. The minimum Gasteiger partial charge on any atom is -0.354 e. The third-order valence-corrected chi connectivity index (χ3v) is 5.68. The molecule has 5 nitrogen and oxygen atoms in total. The minimum absolute atomic E-state index is 0.188. The maximum Gasteiger partial charge on any atom is 0.251 e. The number of aryl methyl sites for hydroxylation is 2. The Morgan fingerprint density at radius 3 is 2.62 bits per heavy atom. The van der Waals surface area contributed by atoms with Gasteiger partial charge >= 0.3 is 0 Å². The molecular weight excluding hydrogens is 382 g/mol. The van der Waals surface area contributed by atoms with Crippen molar-refractivity contribution in [1.29, 1.82) is 0 Å². The summed E-state index contributed by atoms with van der Waals surface area (Å²) in [6, 6.07) is 14.6. The average Bonchev–Trinajstić information content (AvgIpc) is 3.23. The van der Waals surface area contributed by atoms with E-state index < -0.39 is 6.04 Å². The van der Waals surface area contributed by atoms with Crippen molar-refractivity contribution in [3.63, 3.8) is 0 Å². The molecular formula is C23H25N3O2S. The molecule has 150 valence electrons. The second kappa shape index (κ2) is 9.98. The first kappa shape index (κ1) is 20.7. The molecule has 0 saturated carbocycles. The number of nitrogens with zero attached hydrogens (tertiary/aromatic N) is 1. The van der Waals surface area contributed by atoms with Crippen molar-refractivity contribution in [1.82, 2.24) is 15.6 Å². The number of hydrogen-bond acceptors (Lipinski definition) is 4. The zero-order chi connectivity index (χ0) is 20.6. The zero-order valence-electron chi connectivity index (χ0n) is 16.6. The van der Waals surface area contributed by atoms with Gasteiger partial charge in [-0.2, -0.15) is 0 Å². The summed E-state index contributed by atoms with van der Waals surface area (Å²) >= 11 is 1.58. The van der Waals surface area contributed by atoms with Gasteiger partial charge in [-0.3, -0.25) is 14.6 Å². The molecule has 6 heteroatoms. The molecule has 3 aromatic rings. The van der Waals surface area contributed by atoms with Crippen molar-refractivity contribution >= 4 is 23.2 Å². The normalized spacial score (nSPS) is 11.7. The summed E-state index contributed by atoms with van der Waals surface area (Å²) in [6.45, 7) is 4.45. The second-order valence-electron chi connectivity index (χ2n) is 6.97. The van der Waals surface area contributed by atoms with E-state index in [1.54, 1.807) is 23.6 Å². The number of carbonyl (C=O) groups excluding carboxylic acids is 2. The van der Waals surface area contributed by atoms with E-state index in [-0.39, 0.29) is 11.8 Å². The third-order valence-electron chi connectivity index (χ3n) is 4.78. The number of thiophene rings is 1. The Kier molecular flexibility index (Phi) is 7.14. The fraction of sp³-hybridized carbons (Fsp3) is 0.261. The number of hydrogen-bond donors (Lipinski definition) is 2. The molecule has 3 rings (SSSR count). The van der Waals surface area contributed by atoms with Crippen LogP contribution in [0.5, 0.6) is 0 Å². The lowest BCUT2D eigenvalue weighted by atomic mass is 10.0. The molecule has 0 aliphatic carbocycles. The summed E-state index contributed by atoms with van der Waals surface area (Å²) in [5, 5.41) is 7.81. The van der Waals surface area contributed by atoms with Crippen LogP contribution in [-0.2, 0) is 17.6 Å². The SMILES string of the molecule is Cc1ccc(C(=O)N[C@H](Cc2cccs2)C(=O)NCCc2ccccn2)cc1C. The quantitative estimate of drug-likeness (QED) is 0.601. The Balaban J connectivity index is 1.65. The molecule has 2 aromatic heterocycles.